The molecule has 0 saturated carbocycles. The molecule has 0 aromatic carbocycles. The van der Waals surface area contributed by atoms with Gasteiger partial charge in [-0.15, -0.1) is 0 Å². The van der Waals surface area contributed by atoms with Gasteiger partial charge in [-0.2, -0.15) is 0 Å². The van der Waals surface area contributed by atoms with Gasteiger partial charge in [-0.25, -0.2) is 8.42 Å². The monoisotopic (exact) mass is 222 g/mol. The van der Waals surface area contributed by atoms with Gasteiger partial charge in [-0.1, -0.05) is 6.92 Å². The molecule has 14 heavy (non-hydrogen) atoms. The summed E-state index contributed by atoms with van der Waals surface area (Å²) in [5.41, 5.74) is 5.11. The Balaban J connectivity index is 4.06. The second kappa shape index (κ2) is 5.98. The number of rotatable bonds is 6. The zero-order valence-electron chi connectivity index (χ0n) is 8.62. The Labute approximate surface area is 85.0 Å². The first kappa shape index (κ1) is 13.4. The van der Waals surface area contributed by atoms with Crippen LogP contribution in [0.2, 0.25) is 0 Å². The minimum Gasteiger partial charge on any atom is -0.353 e. The Morgan fingerprint density at radius 2 is 2.07 bits per heavy atom. The molecule has 0 radical (unpaired) electrons. The standard InChI is InChI=1S/C8H18N2O3S/c1-3-7(2)10-8(11)6-14(12,13)5-4-9/h7H,3-6,9H2,1-2H3,(H,10,11). The molecule has 0 rings (SSSR count). The molecule has 84 valence electrons. The molecule has 0 fully saturated rings. The van der Waals surface area contributed by atoms with E-state index >= 15 is 0 Å². The fourth-order valence-corrected chi connectivity index (χ4v) is 1.86. The van der Waals surface area contributed by atoms with Crippen molar-refractivity contribution in [1.29, 1.82) is 0 Å². The van der Waals surface area contributed by atoms with Gasteiger partial charge in [-0.05, 0) is 13.3 Å². The largest absolute Gasteiger partial charge is 0.353 e. The molecule has 1 atom stereocenters. The summed E-state index contributed by atoms with van der Waals surface area (Å²) < 4.78 is 22.3. The molecule has 1 amide bonds. The number of amides is 1. The van der Waals surface area contributed by atoms with Crippen molar-refractivity contribution in [1.82, 2.24) is 5.32 Å². The summed E-state index contributed by atoms with van der Waals surface area (Å²) in [6, 6.07) is 0.00979. The van der Waals surface area contributed by atoms with Crippen LogP contribution in [0.15, 0.2) is 0 Å². The van der Waals surface area contributed by atoms with Crippen molar-refractivity contribution in [2.24, 2.45) is 5.73 Å². The zero-order chi connectivity index (χ0) is 11.2. The molecule has 1 unspecified atom stereocenters. The average molecular weight is 222 g/mol. The van der Waals surface area contributed by atoms with Gasteiger partial charge in [0.2, 0.25) is 5.91 Å². The molecular formula is C8H18N2O3S. The number of hydrogen-bond acceptors (Lipinski definition) is 4. The van der Waals surface area contributed by atoms with Crippen LogP contribution in [0.1, 0.15) is 20.3 Å². The maximum absolute atomic E-state index is 11.2. The number of carbonyl (C=O) groups is 1. The predicted molar refractivity (Wildman–Crippen MR) is 55.6 cm³/mol. The molecule has 0 aliphatic carbocycles. The molecule has 0 bridgehead atoms. The number of nitrogens with two attached hydrogens (primary N) is 1. The third-order valence-corrected chi connectivity index (χ3v) is 3.36. The van der Waals surface area contributed by atoms with Crippen LogP contribution in [0.5, 0.6) is 0 Å². The molecule has 0 spiro atoms. The van der Waals surface area contributed by atoms with Crippen molar-refractivity contribution in [2.75, 3.05) is 18.1 Å². The van der Waals surface area contributed by atoms with Crippen molar-refractivity contribution >= 4 is 15.7 Å². The minimum atomic E-state index is -3.32. The number of carbonyl (C=O) groups excluding carboxylic acids is 1. The van der Waals surface area contributed by atoms with E-state index in [1.807, 2.05) is 13.8 Å². The van der Waals surface area contributed by atoms with Gasteiger partial charge in [0.05, 0.1) is 5.75 Å². The van der Waals surface area contributed by atoms with Crippen LogP contribution >= 0.6 is 0 Å². The Morgan fingerprint density at radius 1 is 1.50 bits per heavy atom. The van der Waals surface area contributed by atoms with Gasteiger partial charge in [-0.3, -0.25) is 4.79 Å². The van der Waals surface area contributed by atoms with Crippen LogP contribution in [0, 0.1) is 0 Å². The smallest absolute Gasteiger partial charge is 0.235 e. The summed E-state index contributed by atoms with van der Waals surface area (Å²) in [7, 11) is -3.32. The highest BCUT2D eigenvalue weighted by Crippen LogP contribution is 1.92. The van der Waals surface area contributed by atoms with E-state index in [0.717, 1.165) is 6.42 Å². The first-order valence-electron chi connectivity index (χ1n) is 4.61. The van der Waals surface area contributed by atoms with Crippen molar-refractivity contribution in [2.45, 2.75) is 26.3 Å². The van der Waals surface area contributed by atoms with Gasteiger partial charge in [0.1, 0.15) is 5.75 Å². The predicted octanol–water partition coefficient (Wildman–Crippen LogP) is -0.725. The van der Waals surface area contributed by atoms with Gasteiger partial charge < -0.3 is 11.1 Å². The summed E-state index contributed by atoms with van der Waals surface area (Å²) in [5.74, 6) is -1.05. The minimum absolute atomic E-state index is 0.00979. The van der Waals surface area contributed by atoms with Crippen molar-refractivity contribution < 1.29 is 13.2 Å². The van der Waals surface area contributed by atoms with Gasteiger partial charge >= 0.3 is 0 Å². The van der Waals surface area contributed by atoms with Gasteiger partial charge in [0, 0.05) is 12.6 Å². The fourth-order valence-electron chi connectivity index (χ4n) is 0.870. The Morgan fingerprint density at radius 3 is 2.50 bits per heavy atom. The molecule has 3 N–H and O–H groups in total. The van der Waals surface area contributed by atoms with Crippen molar-refractivity contribution in [3.05, 3.63) is 0 Å². The molecule has 0 aliphatic heterocycles. The zero-order valence-corrected chi connectivity index (χ0v) is 9.43. The summed E-state index contributed by atoms with van der Waals surface area (Å²) in [5, 5.41) is 2.59. The van der Waals surface area contributed by atoms with Crippen LogP contribution in [-0.2, 0) is 14.6 Å². The molecule has 6 heteroatoms. The molecular weight excluding hydrogens is 204 g/mol. The van der Waals surface area contributed by atoms with E-state index in [1.165, 1.54) is 0 Å². The lowest BCUT2D eigenvalue weighted by Crippen LogP contribution is -2.37. The summed E-state index contributed by atoms with van der Waals surface area (Å²) >= 11 is 0. The van der Waals surface area contributed by atoms with E-state index in [4.69, 9.17) is 5.73 Å². The van der Waals surface area contributed by atoms with Crippen molar-refractivity contribution in [3.8, 4) is 0 Å². The van der Waals surface area contributed by atoms with Crippen LogP contribution in [-0.4, -0.2) is 38.4 Å². The first-order valence-corrected chi connectivity index (χ1v) is 6.43. The van der Waals surface area contributed by atoms with E-state index in [9.17, 15) is 13.2 Å². The number of nitrogens with one attached hydrogen (secondary N) is 1. The second-order valence-electron chi connectivity index (χ2n) is 3.26. The van der Waals surface area contributed by atoms with Gasteiger partial charge in [0.15, 0.2) is 9.84 Å². The number of sulfone groups is 1. The topological polar surface area (TPSA) is 89.3 Å². The van der Waals surface area contributed by atoms with E-state index in [0.29, 0.717) is 0 Å². The lowest BCUT2D eigenvalue weighted by molar-refractivity contribution is -0.119. The third-order valence-electron chi connectivity index (χ3n) is 1.80. The molecule has 5 nitrogen and oxygen atoms in total. The summed E-state index contributed by atoms with van der Waals surface area (Å²) in [6.07, 6.45) is 0.780. The Bertz CT molecular complexity index is 274. The lowest BCUT2D eigenvalue weighted by atomic mass is 10.3. The lowest BCUT2D eigenvalue weighted by Gasteiger charge is -2.10. The van der Waals surface area contributed by atoms with Crippen molar-refractivity contribution in [3.63, 3.8) is 0 Å². The highest BCUT2D eigenvalue weighted by molar-refractivity contribution is 7.92. The molecule has 0 aliphatic rings. The first-order chi connectivity index (χ1) is 6.41. The van der Waals surface area contributed by atoms with Crippen LogP contribution in [0.3, 0.4) is 0 Å². The van der Waals surface area contributed by atoms with Gasteiger partial charge in [0.25, 0.3) is 0 Å². The Hall–Kier alpha value is -0.620. The SMILES string of the molecule is CCC(C)NC(=O)CS(=O)(=O)CCN. The third kappa shape index (κ3) is 5.93. The fraction of sp³-hybridized carbons (Fsp3) is 0.875. The summed E-state index contributed by atoms with van der Waals surface area (Å²) in [4.78, 5) is 11.2. The summed E-state index contributed by atoms with van der Waals surface area (Å²) in [6.45, 7) is 3.80. The normalized spacial score (nSPS) is 13.6. The molecule has 0 heterocycles. The average Bonchev–Trinajstić information content (AvgIpc) is 2.02. The van der Waals surface area contributed by atoms with E-state index in [1.54, 1.807) is 0 Å². The van der Waals surface area contributed by atoms with E-state index < -0.39 is 21.5 Å². The second-order valence-corrected chi connectivity index (χ2v) is 5.44. The molecule has 0 aromatic heterocycles. The van der Waals surface area contributed by atoms with Crippen LogP contribution in [0.4, 0.5) is 0 Å². The maximum Gasteiger partial charge on any atom is 0.235 e. The van der Waals surface area contributed by atoms with E-state index in [2.05, 4.69) is 5.32 Å². The van der Waals surface area contributed by atoms with E-state index in [-0.39, 0.29) is 18.3 Å². The number of hydrogen-bond donors (Lipinski definition) is 2. The quantitative estimate of drug-likeness (QED) is 0.620. The maximum atomic E-state index is 11.2. The molecule has 0 aromatic rings. The van der Waals surface area contributed by atoms with Crippen LogP contribution < -0.4 is 11.1 Å². The van der Waals surface area contributed by atoms with Crippen LogP contribution in [0.25, 0.3) is 0 Å². The highest BCUT2D eigenvalue weighted by Gasteiger charge is 2.16. The highest BCUT2D eigenvalue weighted by atomic mass is 32.2. The Kier molecular flexibility index (Phi) is 5.71. The molecule has 0 saturated heterocycles.